The van der Waals surface area contributed by atoms with E-state index in [2.05, 4.69) is 27.4 Å². The van der Waals surface area contributed by atoms with E-state index in [1.54, 1.807) is 29.0 Å². The number of hydrogen-bond donors (Lipinski definition) is 6. The molecule has 2 saturated heterocycles. The molecular formula is C43H59N9O5. The number of nitrogens with two attached hydrogens (primary N) is 1. The largest absolute Gasteiger partial charge is 0.492 e. The van der Waals surface area contributed by atoms with Gasteiger partial charge in [0.25, 0.3) is 6.47 Å². The quantitative estimate of drug-likeness (QED) is 0.0787. The van der Waals surface area contributed by atoms with Gasteiger partial charge in [0, 0.05) is 42.4 Å². The first kappa shape index (κ1) is 42.5. The van der Waals surface area contributed by atoms with E-state index in [1.165, 1.54) is 12.8 Å². The van der Waals surface area contributed by atoms with Gasteiger partial charge in [-0.2, -0.15) is 0 Å². The van der Waals surface area contributed by atoms with Crippen LogP contribution in [0.3, 0.4) is 0 Å². The number of aliphatic imine (C=N–C) groups is 1. The normalized spacial score (nSPS) is 20.1. The minimum absolute atomic E-state index is 0.236. The fraction of sp³-hybridized carbons (Fsp3) is 0.465. The number of amidine groups is 1. The lowest BCUT2D eigenvalue weighted by Crippen LogP contribution is -2.47. The maximum absolute atomic E-state index is 13.7. The van der Waals surface area contributed by atoms with Crippen LogP contribution < -0.4 is 31.3 Å². The lowest BCUT2D eigenvalue weighted by atomic mass is 9.85. The molecule has 0 bridgehead atoms. The zero-order valence-corrected chi connectivity index (χ0v) is 33.7. The van der Waals surface area contributed by atoms with Gasteiger partial charge < -0.3 is 30.5 Å². The number of allylic oxidation sites excluding steroid dienone is 1. The summed E-state index contributed by atoms with van der Waals surface area (Å²) in [6.07, 6.45) is 10.3. The number of carbonyl (C=O) groups excluding carboxylic acids is 1. The van der Waals surface area contributed by atoms with Crippen LogP contribution in [-0.2, 0) is 4.79 Å². The molecule has 0 radical (unpaired) electrons. The topological polar surface area (TPSA) is 194 Å². The first-order valence-corrected chi connectivity index (χ1v) is 19.9. The maximum atomic E-state index is 13.7. The van der Waals surface area contributed by atoms with Crippen molar-refractivity contribution >= 4 is 30.0 Å². The minimum atomic E-state index is -0.388. The molecule has 1 aromatic heterocycles. The Hall–Kier alpha value is -5.63. The van der Waals surface area contributed by atoms with Crippen LogP contribution in [0.25, 0.3) is 0 Å². The Balaban J connectivity index is 0.00000200. The highest BCUT2D eigenvalue weighted by Crippen LogP contribution is 2.38. The van der Waals surface area contributed by atoms with Gasteiger partial charge in [0.2, 0.25) is 5.96 Å². The van der Waals surface area contributed by atoms with E-state index in [1.807, 2.05) is 69.3 Å². The summed E-state index contributed by atoms with van der Waals surface area (Å²) in [6, 6.07) is 18.7. The van der Waals surface area contributed by atoms with Crippen molar-refractivity contribution in [1.29, 1.82) is 10.8 Å². The Kier molecular flexibility index (Phi) is 14.9. The molecule has 2 amide bonds. The van der Waals surface area contributed by atoms with Crippen molar-refractivity contribution in [2.75, 3.05) is 32.8 Å². The van der Waals surface area contributed by atoms with Crippen LogP contribution in [0.1, 0.15) is 95.9 Å². The second kappa shape index (κ2) is 20.0. The van der Waals surface area contributed by atoms with E-state index >= 15 is 0 Å². The van der Waals surface area contributed by atoms with Crippen LogP contribution in [0.15, 0.2) is 83.6 Å². The number of ether oxygens (including phenoxy) is 2. The summed E-state index contributed by atoms with van der Waals surface area (Å²) in [7, 11) is 0. The first-order valence-electron chi connectivity index (χ1n) is 19.9. The summed E-state index contributed by atoms with van der Waals surface area (Å²) in [5.41, 5.74) is 9.58. The molecule has 0 unspecified atom stereocenters. The molecule has 1 aliphatic carbocycles. The van der Waals surface area contributed by atoms with Crippen molar-refractivity contribution in [3.05, 3.63) is 95.2 Å². The van der Waals surface area contributed by atoms with Gasteiger partial charge in [0.15, 0.2) is 0 Å². The van der Waals surface area contributed by atoms with Gasteiger partial charge in [-0.3, -0.25) is 30.4 Å². The second-order valence-corrected chi connectivity index (χ2v) is 15.8. The van der Waals surface area contributed by atoms with E-state index in [9.17, 15) is 4.79 Å². The number of urea groups is 1. The van der Waals surface area contributed by atoms with Crippen molar-refractivity contribution < 1.29 is 24.2 Å². The summed E-state index contributed by atoms with van der Waals surface area (Å²) in [6.45, 7) is 12.5. The number of nitrogens with zero attached hydrogens (tertiary/aromatic N) is 4. The standard InChI is InChI=1S/C42H57N9O3.CH2O2/c1-29-12-7-8-23-50(29)40(45)51-28-32(17-20-38(51)44)54-36-19-18-35(33-15-5-6-16-34(33)36)47-41(52)48-39(27-37(43)42(2,3)4)46-30-13-11-14-31(26-30)53-25-24-49-21-9-10-22-49;2-1-3/h5-6,11,13-17,20,26-29,35-36,44-45H,7-10,12,18-19,21-25,43H2,1-4H3,(H2,46,47,48,52);1H,(H,2,3)/b37-27-,44-38?,45-40?;/t29-,35-,36+;/m0./s1. The predicted octanol–water partition coefficient (Wildman–Crippen LogP) is 6.67. The van der Waals surface area contributed by atoms with Crippen molar-refractivity contribution in [3.63, 3.8) is 0 Å². The molecule has 2 aromatic carbocycles. The third-order valence-electron chi connectivity index (χ3n) is 10.6. The number of pyridine rings is 1. The van der Waals surface area contributed by atoms with Crippen LogP contribution in [0, 0.1) is 16.2 Å². The Morgan fingerprint density at radius 2 is 1.70 bits per heavy atom. The van der Waals surface area contributed by atoms with Crippen LogP contribution >= 0.6 is 0 Å². The summed E-state index contributed by atoms with van der Waals surface area (Å²) in [5.74, 6) is 1.94. The van der Waals surface area contributed by atoms with Gasteiger partial charge >= 0.3 is 6.03 Å². The SMILES string of the molecule is C[C@H]1CCCCN1C(=N)n1cc(O[C@@H]2CC[C@H](NC(=O)NC(/C=C(\N)C(C)(C)C)=Nc3cccc(OCCN4CCCC4)c3)c3ccccc32)ccc1=N.O=CO. The molecule has 2 aliphatic heterocycles. The fourth-order valence-corrected chi connectivity index (χ4v) is 7.32. The van der Waals surface area contributed by atoms with Crippen LogP contribution in [0.2, 0.25) is 0 Å². The number of benzene rings is 2. The highest BCUT2D eigenvalue weighted by atomic mass is 16.5. The van der Waals surface area contributed by atoms with E-state index in [0.717, 1.165) is 62.3 Å². The molecular weight excluding hydrogens is 723 g/mol. The lowest BCUT2D eigenvalue weighted by Gasteiger charge is -2.36. The average molecular weight is 782 g/mol. The Bertz CT molecular complexity index is 1960. The molecule has 7 N–H and O–H groups in total. The number of aromatic nitrogens is 1. The van der Waals surface area contributed by atoms with Gasteiger partial charge in [-0.05, 0) is 100 Å². The van der Waals surface area contributed by atoms with Gasteiger partial charge in [0.1, 0.15) is 35.5 Å². The molecule has 306 valence electrons. The summed E-state index contributed by atoms with van der Waals surface area (Å²) in [4.78, 5) is 31.3. The highest BCUT2D eigenvalue weighted by molar-refractivity contribution is 6.05. The Morgan fingerprint density at radius 1 is 0.982 bits per heavy atom. The maximum Gasteiger partial charge on any atom is 0.320 e. The summed E-state index contributed by atoms with van der Waals surface area (Å²) >= 11 is 0. The van der Waals surface area contributed by atoms with Gasteiger partial charge in [-0.1, -0.05) is 51.1 Å². The number of likely N-dealkylation sites (tertiary alicyclic amines) is 2. The number of carbonyl (C=O) groups is 2. The number of amides is 2. The number of fused-ring (bicyclic) bond motifs is 1. The minimum Gasteiger partial charge on any atom is -0.492 e. The van der Waals surface area contributed by atoms with E-state index in [4.69, 9.17) is 40.9 Å². The van der Waals surface area contributed by atoms with Crippen LogP contribution in [-0.4, -0.2) is 82.6 Å². The number of rotatable bonds is 9. The van der Waals surface area contributed by atoms with Crippen molar-refractivity contribution in [2.45, 2.75) is 90.8 Å². The third kappa shape index (κ3) is 11.9. The number of hydrogen-bond acceptors (Lipinski definition) is 9. The van der Waals surface area contributed by atoms with Crippen LogP contribution in [0.4, 0.5) is 10.5 Å². The third-order valence-corrected chi connectivity index (χ3v) is 10.6. The predicted molar refractivity (Wildman–Crippen MR) is 222 cm³/mol. The molecule has 57 heavy (non-hydrogen) atoms. The molecule has 2 fully saturated rings. The molecule has 0 spiro atoms. The molecule has 3 aromatic rings. The van der Waals surface area contributed by atoms with E-state index in [-0.39, 0.29) is 41.6 Å². The molecule has 3 aliphatic rings. The zero-order valence-electron chi connectivity index (χ0n) is 33.7. The number of nitrogens with one attached hydrogen (secondary N) is 4. The molecule has 3 atom stereocenters. The molecule has 0 saturated carbocycles. The summed E-state index contributed by atoms with van der Waals surface area (Å²) in [5, 5.41) is 30.5. The van der Waals surface area contributed by atoms with E-state index in [0.29, 0.717) is 48.4 Å². The van der Waals surface area contributed by atoms with Crippen LogP contribution in [0.5, 0.6) is 11.5 Å². The van der Waals surface area contributed by atoms with Crippen molar-refractivity contribution in [2.24, 2.45) is 16.1 Å². The lowest BCUT2D eigenvalue weighted by molar-refractivity contribution is -0.122. The molecule has 3 heterocycles. The second-order valence-electron chi connectivity index (χ2n) is 15.8. The number of carboxylic acid groups (broad SMARTS) is 1. The zero-order chi connectivity index (χ0) is 41.0. The smallest absolute Gasteiger partial charge is 0.320 e. The van der Waals surface area contributed by atoms with Gasteiger partial charge in [-0.25, -0.2) is 9.79 Å². The average Bonchev–Trinajstić information content (AvgIpc) is 3.70. The molecule has 14 nitrogen and oxygen atoms in total. The van der Waals surface area contributed by atoms with Gasteiger partial charge in [0.05, 0.1) is 17.9 Å². The van der Waals surface area contributed by atoms with Crippen molar-refractivity contribution in [3.8, 4) is 11.5 Å². The Morgan fingerprint density at radius 3 is 2.42 bits per heavy atom. The monoisotopic (exact) mass is 781 g/mol. The molecule has 6 rings (SSSR count). The summed E-state index contributed by atoms with van der Waals surface area (Å²) < 4.78 is 14.2. The number of piperidine rings is 1. The van der Waals surface area contributed by atoms with Crippen molar-refractivity contribution in [1.82, 2.24) is 25.0 Å². The first-order chi connectivity index (χ1) is 27.4. The Labute approximate surface area is 335 Å². The van der Waals surface area contributed by atoms with E-state index < -0.39 is 0 Å². The highest BCUT2D eigenvalue weighted by Gasteiger charge is 2.30. The molecule has 14 heteroatoms. The fourth-order valence-electron chi connectivity index (χ4n) is 7.32. The van der Waals surface area contributed by atoms with Gasteiger partial charge in [-0.15, -0.1) is 0 Å².